The van der Waals surface area contributed by atoms with Crippen molar-refractivity contribution in [2.75, 3.05) is 25.2 Å². The second kappa shape index (κ2) is 9.64. The van der Waals surface area contributed by atoms with Crippen LogP contribution in [0.25, 0.3) is 0 Å². The summed E-state index contributed by atoms with van der Waals surface area (Å²) in [6.45, 7) is 0.191. The maximum absolute atomic E-state index is 13.5. The van der Waals surface area contributed by atoms with Crippen molar-refractivity contribution in [3.63, 3.8) is 0 Å². The average Bonchev–Trinajstić information content (AvgIpc) is 3.54. The Kier molecular flexibility index (Phi) is 7.45. The number of carbonyl (C=O) groups excluding carboxylic acids is 3. The number of nitrogens with zero attached hydrogens (tertiary/aromatic N) is 1. The maximum atomic E-state index is 13.5. The number of halogens is 2. The number of sulfone groups is 1. The van der Waals surface area contributed by atoms with Crippen molar-refractivity contribution in [2.24, 2.45) is 11.1 Å². The normalized spacial score (nSPS) is 23.9. The van der Waals surface area contributed by atoms with Gasteiger partial charge in [-0.25, -0.2) is 8.42 Å². The minimum Gasteiger partial charge on any atom is -0.368 e. The summed E-state index contributed by atoms with van der Waals surface area (Å²) in [5.74, 6) is -1.86. The molecule has 0 radical (unpaired) electrons. The van der Waals surface area contributed by atoms with Crippen LogP contribution in [0.2, 0.25) is 5.02 Å². The second-order valence-electron chi connectivity index (χ2n) is 8.63. The number of primary amides is 1. The van der Waals surface area contributed by atoms with Gasteiger partial charge in [0, 0.05) is 30.2 Å². The van der Waals surface area contributed by atoms with Crippen LogP contribution in [0.1, 0.15) is 24.8 Å². The van der Waals surface area contributed by atoms with Crippen molar-refractivity contribution in [2.45, 2.75) is 36.5 Å². The second-order valence-corrected chi connectivity index (χ2v) is 11.9. The average molecular weight is 516 g/mol. The largest absolute Gasteiger partial charge is 0.368 e. The van der Waals surface area contributed by atoms with Gasteiger partial charge in [-0.1, -0.05) is 35.9 Å². The molecule has 11 heteroatoms. The lowest BCUT2D eigenvalue weighted by molar-refractivity contribution is -0.151. The molecule has 1 fully saturated rings. The summed E-state index contributed by atoms with van der Waals surface area (Å²) in [5, 5.41) is 3.24. The van der Waals surface area contributed by atoms with Gasteiger partial charge in [-0.15, -0.1) is 11.6 Å². The van der Waals surface area contributed by atoms with Gasteiger partial charge in [-0.05, 0) is 43.4 Å². The SMILES string of the molecule is CS(=O)(=O)C1(CCNC(=O)C2C=CC(Cc3ccc(Cl)cc3)(C(N)=O)C(=O)N2CCCl)CC1. The fourth-order valence-corrected chi connectivity index (χ4v) is 5.80. The Bertz CT molecular complexity index is 1070. The van der Waals surface area contributed by atoms with Crippen molar-refractivity contribution in [1.29, 1.82) is 0 Å². The first-order chi connectivity index (χ1) is 15.5. The predicted octanol–water partition coefficient (Wildman–Crippen LogP) is 1.44. The third-order valence-electron chi connectivity index (χ3n) is 6.45. The molecule has 3 rings (SSSR count). The van der Waals surface area contributed by atoms with Crippen molar-refractivity contribution in [1.82, 2.24) is 10.2 Å². The van der Waals surface area contributed by atoms with Gasteiger partial charge in [0.25, 0.3) is 0 Å². The first-order valence-electron chi connectivity index (χ1n) is 10.5. The van der Waals surface area contributed by atoms with Crippen LogP contribution in [-0.4, -0.2) is 67.1 Å². The number of amides is 3. The number of nitrogens with one attached hydrogen (secondary N) is 1. The van der Waals surface area contributed by atoms with Gasteiger partial charge in [0.05, 0.1) is 4.75 Å². The molecule has 3 amide bonds. The van der Waals surface area contributed by atoms with E-state index in [1.165, 1.54) is 23.3 Å². The zero-order chi connectivity index (χ0) is 24.4. The molecule has 33 heavy (non-hydrogen) atoms. The highest BCUT2D eigenvalue weighted by atomic mass is 35.5. The number of carbonyl (C=O) groups is 3. The van der Waals surface area contributed by atoms with E-state index in [0.717, 1.165) is 0 Å². The molecule has 3 N–H and O–H groups in total. The van der Waals surface area contributed by atoms with E-state index in [0.29, 0.717) is 29.8 Å². The molecule has 2 aliphatic rings. The lowest BCUT2D eigenvalue weighted by atomic mass is 9.76. The fourth-order valence-electron chi connectivity index (χ4n) is 4.17. The molecule has 1 aliphatic heterocycles. The van der Waals surface area contributed by atoms with Crippen LogP contribution in [-0.2, 0) is 30.6 Å². The van der Waals surface area contributed by atoms with Crippen molar-refractivity contribution < 1.29 is 22.8 Å². The smallest absolute Gasteiger partial charge is 0.246 e. The van der Waals surface area contributed by atoms with Crippen molar-refractivity contribution in [3.05, 3.63) is 47.0 Å². The molecule has 0 bridgehead atoms. The van der Waals surface area contributed by atoms with E-state index >= 15 is 0 Å². The first kappa shape index (κ1) is 25.5. The van der Waals surface area contributed by atoms with Crippen LogP contribution in [0.5, 0.6) is 0 Å². The molecule has 1 aromatic carbocycles. The highest BCUT2D eigenvalue weighted by Crippen LogP contribution is 2.45. The van der Waals surface area contributed by atoms with Gasteiger partial charge in [-0.2, -0.15) is 0 Å². The van der Waals surface area contributed by atoms with E-state index in [-0.39, 0.29) is 25.4 Å². The highest BCUT2D eigenvalue weighted by molar-refractivity contribution is 7.92. The standard InChI is InChI=1S/C22H27Cl2N3O5S/c1-33(31,32)21(8-9-21)10-12-26-18(28)17-6-7-22(19(25)29,20(30)27(17)13-11-23)14-15-2-4-16(24)5-3-15/h2-7,17H,8-14H2,1H3,(H2,25,29)(H,26,28). The van der Waals surface area contributed by atoms with E-state index in [2.05, 4.69) is 5.32 Å². The zero-order valence-corrected chi connectivity index (χ0v) is 20.5. The molecule has 0 spiro atoms. The molecular formula is C22H27Cl2N3O5S. The summed E-state index contributed by atoms with van der Waals surface area (Å²) in [4.78, 5) is 40.1. The lowest BCUT2D eigenvalue weighted by Crippen LogP contribution is -2.60. The summed E-state index contributed by atoms with van der Waals surface area (Å²) in [6, 6.07) is 5.72. The fraction of sp³-hybridized carbons (Fsp3) is 0.500. The van der Waals surface area contributed by atoms with Gasteiger partial charge in [0.2, 0.25) is 17.7 Å². The number of alkyl halides is 1. The molecule has 1 saturated carbocycles. The molecule has 2 atom stereocenters. The van der Waals surface area contributed by atoms with E-state index in [9.17, 15) is 22.8 Å². The number of nitrogens with two attached hydrogens (primary N) is 1. The number of hydrogen-bond donors (Lipinski definition) is 2. The topological polar surface area (TPSA) is 127 Å². The summed E-state index contributed by atoms with van der Waals surface area (Å²) < 4.78 is 23.1. The zero-order valence-electron chi connectivity index (χ0n) is 18.2. The van der Waals surface area contributed by atoms with Crippen LogP contribution >= 0.6 is 23.2 Å². The minimum absolute atomic E-state index is 0.0127. The van der Waals surface area contributed by atoms with E-state index in [1.807, 2.05) is 0 Å². The van der Waals surface area contributed by atoms with E-state index in [4.69, 9.17) is 28.9 Å². The van der Waals surface area contributed by atoms with Crippen LogP contribution in [0.3, 0.4) is 0 Å². The summed E-state index contributed by atoms with van der Waals surface area (Å²) in [6.07, 6.45) is 5.55. The van der Waals surface area contributed by atoms with Crippen LogP contribution in [0.15, 0.2) is 36.4 Å². The van der Waals surface area contributed by atoms with Gasteiger partial charge >= 0.3 is 0 Å². The number of rotatable bonds is 10. The molecule has 0 saturated heterocycles. The number of benzene rings is 1. The highest BCUT2D eigenvalue weighted by Gasteiger charge is 2.52. The first-order valence-corrected chi connectivity index (χ1v) is 13.3. The third kappa shape index (κ3) is 5.20. The summed E-state index contributed by atoms with van der Waals surface area (Å²) in [5.41, 5.74) is 4.69. The molecule has 2 unspecified atom stereocenters. The van der Waals surface area contributed by atoms with Gasteiger partial charge < -0.3 is 16.0 Å². The van der Waals surface area contributed by atoms with E-state index in [1.54, 1.807) is 24.3 Å². The minimum atomic E-state index is -3.21. The molecule has 8 nitrogen and oxygen atoms in total. The third-order valence-corrected chi connectivity index (χ3v) is 9.05. The Morgan fingerprint density at radius 3 is 2.39 bits per heavy atom. The summed E-state index contributed by atoms with van der Waals surface area (Å²) >= 11 is 11.8. The van der Waals surface area contributed by atoms with E-state index < -0.39 is 43.8 Å². The lowest BCUT2D eigenvalue weighted by Gasteiger charge is -2.40. The Balaban J connectivity index is 1.79. The molecule has 1 aromatic rings. The summed E-state index contributed by atoms with van der Waals surface area (Å²) in [7, 11) is -3.21. The molecule has 180 valence electrons. The Morgan fingerprint density at radius 2 is 1.88 bits per heavy atom. The monoisotopic (exact) mass is 515 g/mol. The molecule has 0 aromatic heterocycles. The predicted molar refractivity (Wildman–Crippen MR) is 127 cm³/mol. The van der Waals surface area contributed by atoms with Crippen molar-refractivity contribution >= 4 is 50.8 Å². The molecule has 1 aliphatic carbocycles. The molecular weight excluding hydrogens is 489 g/mol. The van der Waals surface area contributed by atoms with Gasteiger partial charge in [0.1, 0.15) is 11.5 Å². The quantitative estimate of drug-likeness (QED) is 0.277. The Hall–Kier alpha value is -2.10. The maximum Gasteiger partial charge on any atom is 0.246 e. The molecule has 1 heterocycles. The van der Waals surface area contributed by atoms with Crippen molar-refractivity contribution in [3.8, 4) is 0 Å². The van der Waals surface area contributed by atoms with Crippen LogP contribution < -0.4 is 11.1 Å². The van der Waals surface area contributed by atoms with Crippen LogP contribution in [0, 0.1) is 5.41 Å². The van der Waals surface area contributed by atoms with Gasteiger partial charge in [0.15, 0.2) is 9.84 Å². The number of hydrogen-bond acceptors (Lipinski definition) is 5. The Labute approximate surface area is 203 Å². The van der Waals surface area contributed by atoms with Gasteiger partial charge in [-0.3, -0.25) is 14.4 Å². The Morgan fingerprint density at radius 1 is 1.24 bits per heavy atom. The van der Waals surface area contributed by atoms with Crippen LogP contribution in [0.4, 0.5) is 0 Å².